The van der Waals surface area contributed by atoms with Crippen LogP contribution in [-0.2, 0) is 42.9 Å². The van der Waals surface area contributed by atoms with Gasteiger partial charge in [0.05, 0.1) is 65.6 Å². The zero-order chi connectivity index (χ0) is 87.0. The first-order valence-electron chi connectivity index (χ1n) is 47.1. The monoisotopic (exact) mass is 1820 g/mol. The molecule has 17 aliphatic rings. The Hall–Kier alpha value is -6.12. The summed E-state index contributed by atoms with van der Waals surface area (Å²) in [7, 11) is 0. The maximum Gasteiger partial charge on any atom is 0.226 e. The van der Waals surface area contributed by atoms with Crippen LogP contribution in [0.1, 0.15) is 373 Å². The van der Waals surface area contributed by atoms with Gasteiger partial charge in [-0.1, -0.05) is 215 Å². The van der Waals surface area contributed by atoms with Gasteiger partial charge in [-0.25, -0.2) is 4.85 Å². The minimum atomic E-state index is -0.698. The molecule has 12 heteroatoms. The number of hydrogen-bond donors (Lipinski definition) is 0. The van der Waals surface area contributed by atoms with Crippen LogP contribution in [0, 0.1) is 188 Å². The van der Waals surface area contributed by atoms with Crippen molar-refractivity contribution in [2.45, 2.75) is 385 Å². The van der Waals surface area contributed by atoms with Crippen LogP contribution in [0.25, 0.3) is 4.85 Å². The Morgan fingerprint density at radius 1 is 0.424 bits per heavy atom. The van der Waals surface area contributed by atoms with Gasteiger partial charge in [0.2, 0.25) is 5.70 Å². The molecular weight excluding hydrogens is 1660 g/mol. The lowest BCUT2D eigenvalue weighted by molar-refractivity contribution is -0.284. The Morgan fingerprint density at radius 3 is 1.22 bits per heavy atom. The van der Waals surface area contributed by atoms with Gasteiger partial charge in [0.25, 0.3) is 0 Å². The highest BCUT2D eigenvalue weighted by molar-refractivity contribution is 14.0. The van der Waals surface area contributed by atoms with Crippen LogP contribution in [0.4, 0.5) is 0 Å². The molecule has 684 valence electrons. The molecule has 15 atom stereocenters. The number of nitrogens with zero attached hydrogens (tertiary/aromatic N) is 2. The fraction of sp³-hybridized carbons (Fsp3) is 0.726. The molecule has 0 aromatic heterocycles. The van der Waals surface area contributed by atoms with Crippen molar-refractivity contribution in [2.75, 3.05) is 26.4 Å². The molecule has 9 saturated carbocycles. The van der Waals surface area contributed by atoms with E-state index in [9.17, 15) is 29.2 Å². The van der Waals surface area contributed by atoms with Crippen molar-refractivity contribution in [3.63, 3.8) is 0 Å². The van der Waals surface area contributed by atoms with E-state index in [1.807, 2.05) is 39.8 Å². The third-order valence-electron chi connectivity index (χ3n) is 35.9. The molecule has 0 aromatic carbocycles. The van der Waals surface area contributed by atoms with Gasteiger partial charge < -0.3 is 23.7 Å². The van der Waals surface area contributed by atoms with Gasteiger partial charge >= 0.3 is 0 Å². The molecule has 2 aliphatic heterocycles. The summed E-state index contributed by atoms with van der Waals surface area (Å²) in [5.41, 5.74) is 5.48. The van der Waals surface area contributed by atoms with E-state index < -0.39 is 16.2 Å². The number of rotatable bonds is 0. The normalized spacial score (nSPS) is 37.8. The van der Waals surface area contributed by atoms with Gasteiger partial charge in [0.1, 0.15) is 17.6 Å². The van der Waals surface area contributed by atoms with Crippen molar-refractivity contribution < 1.29 is 42.9 Å². The minimum Gasteiger partial charge on any atom is -0.347 e. The SMILES string of the molecule is C.C.C.C.C#C[C@]12CCCC=C1[C@@]1(C)CCC3(OCCO3)C(C)(C)[C@@H]1CC2.CCC#C[C@]12CCC(=O)C=C1[C@@]1(C)CCC(=O)C(C)(C)[C@@H]1CC2.CCC#C[C@]12CCCC=C1[C@@]1(C)CCC(=O)C(C)(C)[C@@H]1CC2.CCC#C[C@]12CCCC=C1[C@@]1(C)CCC3(OCCO3)C(C)(C)[C@@H]1CC2.I.[C-]#[N+]C1=C[C@]2(C)C3=CC(=O)C(C#N)=C[C@]3(C#CCC)CC[C@H]2C(C)(C)C1=O. The highest BCUT2D eigenvalue weighted by Crippen LogP contribution is 2.73. The first-order valence-corrected chi connectivity index (χ1v) is 47.1. The number of halogens is 1. The Labute approximate surface area is 776 Å². The summed E-state index contributed by atoms with van der Waals surface area (Å²) in [5.74, 6) is 32.7. The number of ketones is 5. The van der Waals surface area contributed by atoms with Crippen LogP contribution in [-0.4, -0.2) is 66.9 Å². The van der Waals surface area contributed by atoms with E-state index in [1.54, 1.807) is 34.9 Å². The second-order valence-corrected chi connectivity index (χ2v) is 43.4. The van der Waals surface area contributed by atoms with Crippen molar-refractivity contribution in [3.05, 3.63) is 93.1 Å². The molecule has 11 fully saturated rings. The highest BCUT2D eigenvalue weighted by atomic mass is 127. The zero-order valence-corrected chi connectivity index (χ0v) is 80.0. The first kappa shape index (κ1) is 104. The fourth-order valence-electron chi connectivity index (χ4n) is 29.8. The predicted octanol–water partition coefficient (Wildman–Crippen LogP) is 27.3. The molecular formula is C113H161IN2O9. The highest BCUT2D eigenvalue weighted by Gasteiger charge is 2.70. The lowest BCUT2D eigenvalue weighted by atomic mass is 9.43. The quantitative estimate of drug-likeness (QED) is 0.0992. The molecule has 0 unspecified atom stereocenters. The van der Waals surface area contributed by atoms with E-state index in [1.165, 1.54) is 89.0 Å². The molecule has 0 radical (unpaired) electrons. The summed E-state index contributed by atoms with van der Waals surface area (Å²) >= 11 is 0. The Balaban J connectivity index is 0.000000192. The van der Waals surface area contributed by atoms with Crippen molar-refractivity contribution in [3.8, 4) is 65.8 Å². The number of hydrogen-bond acceptors (Lipinski definition) is 10. The number of nitriles is 1. The summed E-state index contributed by atoms with van der Waals surface area (Å²) < 4.78 is 24.9. The number of ether oxygens (including phenoxy) is 4. The molecule has 11 nitrogen and oxygen atoms in total. The molecule has 15 aliphatic carbocycles. The average molecular weight is 1820 g/mol. The number of fused-ring (bicyclic) bond motifs is 15. The van der Waals surface area contributed by atoms with Crippen LogP contribution < -0.4 is 0 Å². The third-order valence-corrected chi connectivity index (χ3v) is 35.9. The summed E-state index contributed by atoms with van der Waals surface area (Å²) in [5, 5.41) is 9.37. The number of carbonyl (C=O) groups excluding carboxylic acids is 5. The summed E-state index contributed by atoms with van der Waals surface area (Å²) in [4.78, 5) is 65.9. The van der Waals surface area contributed by atoms with E-state index in [2.05, 4.69) is 180 Å². The van der Waals surface area contributed by atoms with E-state index in [-0.39, 0.29) is 165 Å². The van der Waals surface area contributed by atoms with Crippen molar-refractivity contribution >= 4 is 52.9 Å². The zero-order valence-electron chi connectivity index (χ0n) is 77.6. The van der Waals surface area contributed by atoms with Crippen LogP contribution >= 0.6 is 24.0 Å². The van der Waals surface area contributed by atoms with Crippen LogP contribution in [0.3, 0.4) is 0 Å². The van der Waals surface area contributed by atoms with Crippen molar-refractivity contribution in [2.24, 2.45) is 111 Å². The second-order valence-electron chi connectivity index (χ2n) is 43.4. The van der Waals surface area contributed by atoms with Crippen LogP contribution in [0.5, 0.6) is 0 Å². The van der Waals surface area contributed by atoms with Crippen molar-refractivity contribution in [1.29, 1.82) is 5.26 Å². The molecule has 0 amide bonds. The molecule has 125 heavy (non-hydrogen) atoms. The fourth-order valence-corrected chi connectivity index (χ4v) is 29.8. The molecule has 0 bridgehead atoms. The van der Waals surface area contributed by atoms with E-state index in [0.29, 0.717) is 60.9 Å². The Bertz CT molecular complexity index is 4780. The maximum absolute atomic E-state index is 12.8. The average Bonchev–Trinajstić information content (AvgIpc) is 1.69. The van der Waals surface area contributed by atoms with Crippen molar-refractivity contribution in [1.82, 2.24) is 0 Å². The molecule has 17 rings (SSSR count). The number of carbonyl (C=O) groups is 5. The van der Waals surface area contributed by atoms with Gasteiger partial charge in [-0.15, -0.1) is 54.1 Å². The lowest BCUT2D eigenvalue weighted by Crippen LogP contribution is -2.61. The standard InChI is InChI=1S/C23H22N2O2.C23H34O2.C21H30O2.C21H28O2.C21H30O.4CH4.HI/c1-6-7-9-23-10-8-18-21(2,3)20(27)16(25-5)13-22(18,4)19(23)11-17(26)15(12-23)14-24;1-5-6-11-22-12-8-7-9-19(22)21(4)14-15-23(24-16-17-25-23)20(2,3)18(21)10-13-22;1-5-20-10-7-6-8-17(20)19(4)12-13-21(22-14-15-23-21)18(2,3)16(19)9-11-20;1-5-6-10-21-12-7-15(22)14-17(21)20(4)11-9-18(23)19(2,3)16(20)8-13-21;1-5-6-12-21-13-8-7-9-17(21)20(4)14-11-18(22)19(2,3)16(20)10-15-21;;;;;/h11-13,18H,6,8,10H2,1-4H3;9,18H,5,7-8,10,12-17H2,1-4H3;1,8,16H,6-7,9-15H2,2-4H3;14,16H,5,7-9,11-13H2,1-4H3;9,16H,5,7-8,10-11,13-15H2,1-4H3;4*1H4;1H/t18-,22-,23-;18-,21-,22+;16-,19-,20+;2*16-,20-,21+;;;;;/m00000...../s1. The largest absolute Gasteiger partial charge is 0.347 e. The molecule has 2 spiro atoms. The topological polar surface area (TPSA) is 150 Å². The maximum atomic E-state index is 12.8. The van der Waals surface area contributed by atoms with Crippen LogP contribution in [0.15, 0.2) is 81.7 Å². The minimum absolute atomic E-state index is 0. The Morgan fingerprint density at radius 2 is 0.800 bits per heavy atom. The van der Waals surface area contributed by atoms with Gasteiger partial charge in [0.15, 0.2) is 28.9 Å². The summed E-state index contributed by atoms with van der Waals surface area (Å²) in [6.07, 6.45) is 54.7. The lowest BCUT2D eigenvalue weighted by Gasteiger charge is -2.64. The molecule has 0 aromatic rings. The molecule has 2 saturated heterocycles. The van der Waals surface area contributed by atoms with Gasteiger partial charge in [-0.05, 0) is 251 Å². The Kier molecular flexibility index (Phi) is 31.7. The molecule has 0 N–H and O–H groups in total. The molecule has 2 heterocycles. The number of Topliss-reactive ketones (excluding diaryl/α,β-unsaturated/α-hetero) is 3. The van der Waals surface area contributed by atoms with Gasteiger partial charge in [-0.2, -0.15) is 5.26 Å². The number of terminal acetylenes is 1. The van der Waals surface area contributed by atoms with Gasteiger partial charge in [0, 0.05) is 90.3 Å². The third kappa shape index (κ3) is 16.8. The van der Waals surface area contributed by atoms with E-state index >= 15 is 0 Å². The predicted molar refractivity (Wildman–Crippen MR) is 519 cm³/mol. The van der Waals surface area contributed by atoms with E-state index in [0.717, 1.165) is 135 Å². The first-order chi connectivity index (χ1) is 56.6. The van der Waals surface area contributed by atoms with E-state index in [4.69, 9.17) is 31.9 Å². The summed E-state index contributed by atoms with van der Waals surface area (Å²) in [6, 6.07) is 2.00. The van der Waals surface area contributed by atoms with Gasteiger partial charge in [-0.3, -0.25) is 19.2 Å². The number of allylic oxidation sites excluding steroid dienone is 14. The second kappa shape index (κ2) is 38.0. The summed E-state index contributed by atoms with van der Waals surface area (Å²) in [6.45, 7) is 52.4. The smallest absolute Gasteiger partial charge is 0.226 e. The van der Waals surface area contributed by atoms with Crippen LogP contribution in [0.2, 0.25) is 0 Å².